The van der Waals surface area contributed by atoms with E-state index in [0.29, 0.717) is 11.4 Å². The van der Waals surface area contributed by atoms with Crippen molar-refractivity contribution in [1.82, 2.24) is 5.32 Å². The number of hydrogen-bond acceptors (Lipinski definition) is 3. The fraction of sp³-hybridized carbons (Fsp3) is 0.133. The highest BCUT2D eigenvalue weighted by molar-refractivity contribution is 5.94. The molecule has 3 N–H and O–H groups in total. The highest BCUT2D eigenvalue weighted by Crippen LogP contribution is 2.21. The van der Waals surface area contributed by atoms with Crippen LogP contribution in [-0.4, -0.2) is 13.0 Å². The van der Waals surface area contributed by atoms with Crippen LogP contribution in [-0.2, 0) is 6.54 Å². The van der Waals surface area contributed by atoms with E-state index in [0.717, 1.165) is 17.7 Å². The first-order valence-electron chi connectivity index (χ1n) is 6.17. The first-order valence-corrected chi connectivity index (χ1v) is 6.17. The number of halogens is 2. The Morgan fingerprint density at radius 2 is 1.95 bits per heavy atom. The molecule has 6 heteroatoms. The number of nitrogen functional groups attached to an aromatic ring is 1. The van der Waals surface area contributed by atoms with Gasteiger partial charge in [0.2, 0.25) is 0 Å². The Bertz CT molecular complexity index is 675. The number of nitrogens with one attached hydrogen (secondary N) is 1. The number of methoxy groups -OCH3 is 1. The van der Waals surface area contributed by atoms with Gasteiger partial charge in [-0.05, 0) is 35.9 Å². The Kier molecular flexibility index (Phi) is 4.37. The summed E-state index contributed by atoms with van der Waals surface area (Å²) in [5.41, 5.74) is 7.03. The molecule has 0 aliphatic heterocycles. The van der Waals surface area contributed by atoms with E-state index in [1.165, 1.54) is 13.2 Å². The summed E-state index contributed by atoms with van der Waals surface area (Å²) in [5, 5.41) is 2.60. The maximum absolute atomic E-state index is 13.1. The lowest BCUT2D eigenvalue weighted by atomic mass is 10.1. The predicted octanol–water partition coefficient (Wildman–Crippen LogP) is 2.49. The molecule has 0 saturated carbocycles. The number of carbonyl (C=O) groups excluding carboxylic acids is 1. The van der Waals surface area contributed by atoms with Crippen LogP contribution >= 0.6 is 0 Å². The van der Waals surface area contributed by atoms with E-state index < -0.39 is 17.5 Å². The van der Waals surface area contributed by atoms with Gasteiger partial charge in [-0.1, -0.05) is 6.07 Å². The van der Waals surface area contributed by atoms with Gasteiger partial charge >= 0.3 is 0 Å². The molecule has 0 atom stereocenters. The monoisotopic (exact) mass is 292 g/mol. The van der Waals surface area contributed by atoms with Crippen molar-refractivity contribution < 1.29 is 18.3 Å². The van der Waals surface area contributed by atoms with Gasteiger partial charge in [0.1, 0.15) is 5.75 Å². The zero-order valence-corrected chi connectivity index (χ0v) is 11.3. The quantitative estimate of drug-likeness (QED) is 0.851. The van der Waals surface area contributed by atoms with E-state index >= 15 is 0 Å². The molecule has 0 radical (unpaired) electrons. The summed E-state index contributed by atoms with van der Waals surface area (Å²) >= 11 is 0. The van der Waals surface area contributed by atoms with E-state index in [-0.39, 0.29) is 12.1 Å². The number of benzene rings is 2. The van der Waals surface area contributed by atoms with Gasteiger partial charge in [0.15, 0.2) is 11.6 Å². The molecule has 0 aliphatic rings. The largest absolute Gasteiger partial charge is 0.495 e. The van der Waals surface area contributed by atoms with Crippen LogP contribution in [0.4, 0.5) is 14.5 Å². The second-order valence-electron chi connectivity index (χ2n) is 4.39. The number of hydrogen-bond donors (Lipinski definition) is 2. The first kappa shape index (κ1) is 14.8. The molecular weight excluding hydrogens is 278 g/mol. The lowest BCUT2D eigenvalue weighted by Crippen LogP contribution is -2.23. The number of rotatable bonds is 4. The summed E-state index contributed by atoms with van der Waals surface area (Å²) in [4.78, 5) is 11.8. The number of carbonyl (C=O) groups is 1. The van der Waals surface area contributed by atoms with Crippen molar-refractivity contribution >= 4 is 11.6 Å². The molecule has 0 bridgehead atoms. The molecular formula is C15H14F2N2O2. The summed E-state index contributed by atoms with van der Waals surface area (Å²) in [6.07, 6.45) is 0. The van der Waals surface area contributed by atoms with Gasteiger partial charge in [-0.25, -0.2) is 8.78 Å². The highest BCUT2D eigenvalue weighted by atomic mass is 19.2. The number of anilines is 1. The number of nitrogens with two attached hydrogens (primary N) is 1. The van der Waals surface area contributed by atoms with E-state index in [9.17, 15) is 13.6 Å². The molecule has 1 amide bonds. The Balaban J connectivity index is 2.03. The van der Waals surface area contributed by atoms with Gasteiger partial charge in [0.25, 0.3) is 5.91 Å². The van der Waals surface area contributed by atoms with Crippen LogP contribution in [0.15, 0.2) is 36.4 Å². The SMILES string of the molecule is COc1ccc(CNC(=O)c2ccc(F)c(F)c2)cc1N. The van der Waals surface area contributed by atoms with Crippen LogP contribution in [0.1, 0.15) is 15.9 Å². The number of amides is 1. The molecule has 0 fully saturated rings. The molecule has 0 spiro atoms. The van der Waals surface area contributed by atoms with E-state index in [1.807, 2.05) is 0 Å². The molecule has 0 unspecified atom stereocenters. The molecule has 0 heterocycles. The predicted molar refractivity (Wildman–Crippen MR) is 74.9 cm³/mol. The molecule has 2 rings (SSSR count). The van der Waals surface area contributed by atoms with Gasteiger partial charge in [-0.15, -0.1) is 0 Å². The van der Waals surface area contributed by atoms with Gasteiger partial charge < -0.3 is 15.8 Å². The third-order valence-corrected chi connectivity index (χ3v) is 2.93. The van der Waals surface area contributed by atoms with Crippen LogP contribution in [0.25, 0.3) is 0 Å². The summed E-state index contributed by atoms with van der Waals surface area (Å²) in [7, 11) is 1.51. The smallest absolute Gasteiger partial charge is 0.251 e. The van der Waals surface area contributed by atoms with Crippen LogP contribution in [0, 0.1) is 11.6 Å². The van der Waals surface area contributed by atoms with Crippen molar-refractivity contribution in [2.24, 2.45) is 0 Å². The lowest BCUT2D eigenvalue weighted by Gasteiger charge is -2.09. The molecule has 21 heavy (non-hydrogen) atoms. The molecule has 110 valence electrons. The van der Waals surface area contributed by atoms with E-state index in [4.69, 9.17) is 10.5 Å². The maximum Gasteiger partial charge on any atom is 0.251 e. The molecule has 2 aromatic carbocycles. The minimum Gasteiger partial charge on any atom is -0.495 e. The summed E-state index contributed by atoms with van der Waals surface area (Å²) in [5.74, 6) is -2.00. The fourth-order valence-electron chi connectivity index (χ4n) is 1.82. The minimum atomic E-state index is -1.06. The van der Waals surface area contributed by atoms with Crippen molar-refractivity contribution in [2.45, 2.75) is 6.54 Å². The van der Waals surface area contributed by atoms with Gasteiger partial charge in [-0.3, -0.25) is 4.79 Å². The van der Waals surface area contributed by atoms with E-state index in [2.05, 4.69) is 5.32 Å². The zero-order valence-electron chi connectivity index (χ0n) is 11.3. The van der Waals surface area contributed by atoms with Crippen molar-refractivity contribution in [3.8, 4) is 5.75 Å². The summed E-state index contributed by atoms with van der Waals surface area (Å²) in [6, 6.07) is 8.10. The fourth-order valence-corrected chi connectivity index (χ4v) is 1.82. The third-order valence-electron chi connectivity index (χ3n) is 2.93. The third kappa shape index (κ3) is 3.47. The van der Waals surface area contributed by atoms with Crippen LogP contribution in [0.3, 0.4) is 0 Å². The standard InChI is InChI=1S/C15H14F2N2O2/c1-21-14-5-2-9(6-13(14)18)8-19-15(20)10-3-4-11(16)12(17)7-10/h2-7H,8,18H2,1H3,(H,19,20). The average Bonchev–Trinajstić information content (AvgIpc) is 2.47. The van der Waals surface area contributed by atoms with Crippen molar-refractivity contribution in [3.05, 3.63) is 59.2 Å². The Morgan fingerprint density at radius 1 is 1.19 bits per heavy atom. The van der Waals surface area contributed by atoms with Crippen LogP contribution in [0.2, 0.25) is 0 Å². The van der Waals surface area contributed by atoms with Crippen molar-refractivity contribution in [3.63, 3.8) is 0 Å². The van der Waals surface area contributed by atoms with Crippen molar-refractivity contribution in [1.29, 1.82) is 0 Å². The maximum atomic E-state index is 13.1. The van der Waals surface area contributed by atoms with E-state index in [1.54, 1.807) is 18.2 Å². The molecule has 2 aromatic rings. The summed E-state index contributed by atoms with van der Waals surface area (Å²) < 4.78 is 30.9. The first-order chi connectivity index (χ1) is 10.0. The zero-order chi connectivity index (χ0) is 15.4. The Hall–Kier alpha value is -2.63. The van der Waals surface area contributed by atoms with Gasteiger partial charge in [0, 0.05) is 12.1 Å². The Morgan fingerprint density at radius 3 is 2.57 bits per heavy atom. The van der Waals surface area contributed by atoms with Crippen LogP contribution < -0.4 is 15.8 Å². The molecule has 0 saturated heterocycles. The second-order valence-corrected chi connectivity index (χ2v) is 4.39. The minimum absolute atomic E-state index is 0.0513. The van der Waals surface area contributed by atoms with Crippen molar-refractivity contribution in [2.75, 3.05) is 12.8 Å². The van der Waals surface area contributed by atoms with Crippen LogP contribution in [0.5, 0.6) is 5.75 Å². The molecule has 4 nitrogen and oxygen atoms in total. The number of ether oxygens (including phenoxy) is 1. The normalized spacial score (nSPS) is 10.2. The topological polar surface area (TPSA) is 64.3 Å². The van der Waals surface area contributed by atoms with Gasteiger partial charge in [0.05, 0.1) is 12.8 Å². The Labute approximate surface area is 120 Å². The molecule has 0 aromatic heterocycles. The second kappa shape index (κ2) is 6.21. The lowest BCUT2D eigenvalue weighted by molar-refractivity contribution is 0.0950. The molecule has 0 aliphatic carbocycles. The highest BCUT2D eigenvalue weighted by Gasteiger charge is 2.09. The van der Waals surface area contributed by atoms with Gasteiger partial charge in [-0.2, -0.15) is 0 Å². The summed E-state index contributed by atoms with van der Waals surface area (Å²) in [6.45, 7) is 0.214. The average molecular weight is 292 g/mol.